The van der Waals surface area contributed by atoms with Crippen molar-refractivity contribution in [2.75, 3.05) is 20.7 Å². The van der Waals surface area contributed by atoms with Crippen LogP contribution in [0, 0.1) is 5.92 Å². The van der Waals surface area contributed by atoms with Gasteiger partial charge in [0.25, 0.3) is 5.91 Å². The normalized spacial score (nSPS) is 24.9. The van der Waals surface area contributed by atoms with Gasteiger partial charge >= 0.3 is 6.03 Å². The summed E-state index contributed by atoms with van der Waals surface area (Å²) in [5, 5.41) is 2.85. The number of nitrogens with zero attached hydrogens (tertiary/aromatic N) is 2. The van der Waals surface area contributed by atoms with E-state index >= 15 is 0 Å². The molecule has 1 aromatic rings. The first-order chi connectivity index (χ1) is 12.8. The van der Waals surface area contributed by atoms with Gasteiger partial charge in [-0.3, -0.25) is 14.5 Å². The van der Waals surface area contributed by atoms with Gasteiger partial charge in [0.2, 0.25) is 5.91 Å². The molecule has 0 radical (unpaired) electrons. The van der Waals surface area contributed by atoms with Crippen molar-refractivity contribution in [2.45, 2.75) is 44.7 Å². The number of rotatable bonds is 5. The van der Waals surface area contributed by atoms with Gasteiger partial charge in [-0.1, -0.05) is 19.1 Å². The lowest BCUT2D eigenvalue weighted by molar-refractivity contribution is -0.139. The molecule has 1 saturated heterocycles. The van der Waals surface area contributed by atoms with Crippen molar-refractivity contribution in [1.82, 2.24) is 15.1 Å². The quantitative estimate of drug-likeness (QED) is 0.802. The van der Waals surface area contributed by atoms with Crippen molar-refractivity contribution in [3.05, 3.63) is 29.8 Å². The fourth-order valence-electron chi connectivity index (χ4n) is 3.76. The van der Waals surface area contributed by atoms with Crippen LogP contribution < -0.4 is 10.1 Å². The van der Waals surface area contributed by atoms with Crippen molar-refractivity contribution in [3.8, 4) is 5.75 Å². The molecule has 4 amide bonds. The summed E-state index contributed by atoms with van der Waals surface area (Å²) in [6, 6.07) is 6.97. The van der Waals surface area contributed by atoms with E-state index in [4.69, 9.17) is 4.74 Å². The Labute approximate surface area is 159 Å². The third-order valence-electron chi connectivity index (χ3n) is 5.67. The topological polar surface area (TPSA) is 79.0 Å². The first-order valence-electron chi connectivity index (χ1n) is 9.35. The minimum Gasteiger partial charge on any atom is -0.497 e. The molecule has 1 N–H and O–H groups in total. The van der Waals surface area contributed by atoms with Crippen LogP contribution in [-0.2, 0) is 16.1 Å². The fraction of sp³-hybridized carbons (Fsp3) is 0.550. The van der Waals surface area contributed by atoms with E-state index in [0.717, 1.165) is 29.1 Å². The summed E-state index contributed by atoms with van der Waals surface area (Å²) in [7, 11) is 3.27. The molecule has 2 aliphatic rings. The van der Waals surface area contributed by atoms with E-state index in [9.17, 15) is 14.4 Å². The number of hydrogen-bond donors (Lipinski definition) is 1. The van der Waals surface area contributed by atoms with E-state index in [1.807, 2.05) is 24.3 Å². The Balaban J connectivity index is 1.61. The van der Waals surface area contributed by atoms with E-state index in [2.05, 4.69) is 12.2 Å². The molecule has 7 nitrogen and oxygen atoms in total. The number of ether oxygens (including phenoxy) is 1. The lowest BCUT2D eigenvalue weighted by Crippen LogP contribution is -2.50. The number of carbonyl (C=O) groups excluding carboxylic acids is 3. The third kappa shape index (κ3) is 3.91. The molecule has 146 valence electrons. The summed E-state index contributed by atoms with van der Waals surface area (Å²) in [6.45, 7) is 2.33. The Bertz CT molecular complexity index is 723. The fourth-order valence-corrected chi connectivity index (χ4v) is 3.76. The SMILES string of the molecule is COc1ccc(CN(C)C(=O)CN2C(=O)NC3(CCC(C)CC3)C2=O)cc1. The Morgan fingerprint density at radius 2 is 1.89 bits per heavy atom. The molecular formula is C20H27N3O4. The molecule has 1 aliphatic heterocycles. The highest BCUT2D eigenvalue weighted by atomic mass is 16.5. The van der Waals surface area contributed by atoms with Gasteiger partial charge in [-0.25, -0.2) is 4.79 Å². The van der Waals surface area contributed by atoms with Crippen LogP contribution in [0.3, 0.4) is 0 Å². The first-order valence-corrected chi connectivity index (χ1v) is 9.35. The Kier molecular flexibility index (Phi) is 5.39. The Morgan fingerprint density at radius 1 is 1.26 bits per heavy atom. The molecule has 7 heteroatoms. The zero-order valence-electron chi connectivity index (χ0n) is 16.2. The predicted molar refractivity (Wildman–Crippen MR) is 100 cm³/mol. The van der Waals surface area contributed by atoms with Crippen LogP contribution >= 0.6 is 0 Å². The lowest BCUT2D eigenvalue weighted by Gasteiger charge is -2.33. The van der Waals surface area contributed by atoms with Gasteiger partial charge in [-0.05, 0) is 49.3 Å². The highest BCUT2D eigenvalue weighted by molar-refractivity contribution is 6.09. The molecule has 1 spiro atoms. The maximum absolute atomic E-state index is 12.8. The number of imide groups is 1. The van der Waals surface area contributed by atoms with Crippen LogP contribution in [0.15, 0.2) is 24.3 Å². The summed E-state index contributed by atoms with van der Waals surface area (Å²) >= 11 is 0. The maximum Gasteiger partial charge on any atom is 0.325 e. The number of nitrogens with one attached hydrogen (secondary N) is 1. The van der Waals surface area contributed by atoms with Gasteiger partial charge in [-0.15, -0.1) is 0 Å². The smallest absolute Gasteiger partial charge is 0.325 e. The van der Waals surface area contributed by atoms with Gasteiger partial charge < -0.3 is 15.0 Å². The van der Waals surface area contributed by atoms with Crippen LogP contribution in [-0.4, -0.2) is 53.9 Å². The molecule has 0 unspecified atom stereocenters. The van der Waals surface area contributed by atoms with Crippen LogP contribution in [0.5, 0.6) is 5.75 Å². The highest BCUT2D eigenvalue weighted by Crippen LogP contribution is 2.36. The molecule has 1 heterocycles. The summed E-state index contributed by atoms with van der Waals surface area (Å²) in [6.07, 6.45) is 3.10. The molecule has 1 aliphatic carbocycles. The van der Waals surface area contributed by atoms with E-state index in [-0.39, 0.29) is 18.4 Å². The molecule has 27 heavy (non-hydrogen) atoms. The van der Waals surface area contributed by atoms with Crippen molar-refractivity contribution >= 4 is 17.8 Å². The monoisotopic (exact) mass is 373 g/mol. The number of benzene rings is 1. The second-order valence-electron chi connectivity index (χ2n) is 7.68. The average Bonchev–Trinajstić information content (AvgIpc) is 2.89. The molecular weight excluding hydrogens is 346 g/mol. The summed E-state index contributed by atoms with van der Waals surface area (Å²) in [5.74, 6) is 0.784. The molecule has 0 bridgehead atoms. The average molecular weight is 373 g/mol. The molecule has 1 saturated carbocycles. The van der Waals surface area contributed by atoms with Crippen LogP contribution in [0.4, 0.5) is 4.79 Å². The largest absolute Gasteiger partial charge is 0.497 e. The van der Waals surface area contributed by atoms with Crippen molar-refractivity contribution in [1.29, 1.82) is 0 Å². The second-order valence-corrected chi connectivity index (χ2v) is 7.68. The molecule has 0 atom stereocenters. The number of carbonyl (C=O) groups is 3. The van der Waals surface area contributed by atoms with Crippen LogP contribution in [0.25, 0.3) is 0 Å². The van der Waals surface area contributed by atoms with Gasteiger partial charge in [0, 0.05) is 13.6 Å². The van der Waals surface area contributed by atoms with Crippen molar-refractivity contribution < 1.29 is 19.1 Å². The number of amides is 4. The molecule has 0 aromatic heterocycles. The highest BCUT2D eigenvalue weighted by Gasteiger charge is 2.52. The molecule has 1 aromatic carbocycles. The summed E-state index contributed by atoms with van der Waals surface area (Å²) in [5.41, 5.74) is 0.139. The van der Waals surface area contributed by atoms with Gasteiger partial charge in [-0.2, -0.15) is 0 Å². The van der Waals surface area contributed by atoms with Gasteiger partial charge in [0.1, 0.15) is 17.8 Å². The lowest BCUT2D eigenvalue weighted by atomic mass is 9.77. The van der Waals surface area contributed by atoms with E-state index in [1.54, 1.807) is 14.2 Å². The predicted octanol–water partition coefficient (Wildman–Crippen LogP) is 2.15. The third-order valence-corrected chi connectivity index (χ3v) is 5.67. The number of hydrogen-bond acceptors (Lipinski definition) is 4. The second kappa shape index (κ2) is 7.58. The maximum atomic E-state index is 12.8. The van der Waals surface area contributed by atoms with E-state index in [0.29, 0.717) is 25.3 Å². The molecule has 3 rings (SSSR count). The van der Waals surface area contributed by atoms with Gasteiger partial charge in [0.05, 0.1) is 7.11 Å². The van der Waals surface area contributed by atoms with Gasteiger partial charge in [0.15, 0.2) is 0 Å². The zero-order valence-corrected chi connectivity index (χ0v) is 16.2. The number of urea groups is 1. The minimum absolute atomic E-state index is 0.228. The standard InChI is InChI=1S/C20H27N3O4/c1-14-8-10-20(11-9-14)18(25)23(19(26)21-20)13-17(24)22(2)12-15-4-6-16(27-3)7-5-15/h4-7,14H,8-13H2,1-3H3,(H,21,26). The first kappa shape index (κ1) is 19.2. The van der Waals surface area contributed by atoms with Crippen LogP contribution in [0.1, 0.15) is 38.2 Å². The van der Waals surface area contributed by atoms with Crippen LogP contribution in [0.2, 0.25) is 0 Å². The minimum atomic E-state index is -0.807. The Hall–Kier alpha value is -2.57. The van der Waals surface area contributed by atoms with E-state index < -0.39 is 11.6 Å². The summed E-state index contributed by atoms with van der Waals surface area (Å²) in [4.78, 5) is 40.3. The molecule has 2 fully saturated rings. The zero-order chi connectivity index (χ0) is 19.6. The summed E-state index contributed by atoms with van der Waals surface area (Å²) < 4.78 is 5.13. The Morgan fingerprint density at radius 3 is 2.48 bits per heavy atom. The van der Waals surface area contributed by atoms with Crippen molar-refractivity contribution in [3.63, 3.8) is 0 Å². The number of methoxy groups -OCH3 is 1. The number of likely N-dealkylation sites (N-methyl/N-ethyl adjacent to an activating group) is 1. The van der Waals surface area contributed by atoms with Crippen molar-refractivity contribution in [2.24, 2.45) is 5.92 Å². The van der Waals surface area contributed by atoms with E-state index in [1.165, 1.54) is 4.90 Å².